The van der Waals surface area contributed by atoms with Gasteiger partial charge in [0.15, 0.2) is 5.75 Å². The predicted molar refractivity (Wildman–Crippen MR) is 166 cm³/mol. The van der Waals surface area contributed by atoms with E-state index in [-0.39, 0.29) is 33.1 Å². The second-order valence-corrected chi connectivity index (χ2v) is 11.1. The number of carbonyl (C=O) groups excluding carboxylic acids is 2. The second kappa shape index (κ2) is 12.3. The number of phenols is 1. The molecule has 0 spiro atoms. The van der Waals surface area contributed by atoms with Crippen LogP contribution in [0.5, 0.6) is 11.5 Å². The predicted octanol–water partition coefficient (Wildman–Crippen LogP) is 7.03. The van der Waals surface area contributed by atoms with Crippen LogP contribution in [-0.4, -0.2) is 37.0 Å². The summed E-state index contributed by atoms with van der Waals surface area (Å²) in [6.45, 7) is 1.77. The molecule has 5 rings (SSSR count). The van der Waals surface area contributed by atoms with Crippen molar-refractivity contribution in [1.82, 2.24) is 0 Å². The number of aromatic hydroxyl groups is 1. The normalized spacial score (nSPS) is 11.4. The van der Waals surface area contributed by atoms with E-state index in [0.717, 1.165) is 6.07 Å². The summed E-state index contributed by atoms with van der Waals surface area (Å²) in [6.07, 6.45) is 0. The number of azo groups is 1. The first-order valence-electron chi connectivity index (χ1n) is 13.1. The van der Waals surface area contributed by atoms with Crippen molar-refractivity contribution in [1.29, 1.82) is 0 Å². The van der Waals surface area contributed by atoms with E-state index in [9.17, 15) is 27.7 Å². The average Bonchev–Trinajstić information content (AvgIpc) is 3.01. The molecule has 12 heteroatoms. The zero-order chi connectivity index (χ0) is 31.4. The maximum atomic E-state index is 13.2. The zero-order valence-electron chi connectivity index (χ0n) is 23.5. The molecule has 0 aromatic heterocycles. The quantitative estimate of drug-likeness (QED) is 0.108. The van der Waals surface area contributed by atoms with Crippen molar-refractivity contribution in [2.45, 2.75) is 11.8 Å². The minimum Gasteiger partial charge on any atom is -0.505 e. The lowest BCUT2D eigenvalue weighted by Gasteiger charge is -2.12. The number of phenolic OH excluding ortho intramolecular Hbond substituents is 1. The SMILES string of the molecule is COc1ccc(NC(=O)c2cc3ccccc3c(N=Nc3cc(C(=O)Nc4cccc(S(=O)(=O)O)c4)ccc3C)c2O)cc1. The molecule has 44 heavy (non-hydrogen) atoms. The van der Waals surface area contributed by atoms with Crippen LogP contribution in [0.2, 0.25) is 0 Å². The summed E-state index contributed by atoms with van der Waals surface area (Å²) >= 11 is 0. The molecular formula is C32H26N4O7S. The Labute approximate surface area is 252 Å². The van der Waals surface area contributed by atoms with Gasteiger partial charge in [-0.25, -0.2) is 0 Å². The second-order valence-electron chi connectivity index (χ2n) is 9.68. The fraction of sp³-hybridized carbons (Fsp3) is 0.0625. The van der Waals surface area contributed by atoms with Gasteiger partial charge >= 0.3 is 0 Å². The van der Waals surface area contributed by atoms with Crippen LogP contribution in [0, 0.1) is 6.92 Å². The van der Waals surface area contributed by atoms with Crippen LogP contribution in [0.25, 0.3) is 10.8 Å². The van der Waals surface area contributed by atoms with Crippen LogP contribution >= 0.6 is 0 Å². The topological polar surface area (TPSA) is 167 Å². The molecule has 0 saturated carbocycles. The summed E-state index contributed by atoms with van der Waals surface area (Å²) in [5, 5.41) is 26.4. The number of rotatable bonds is 8. The standard InChI is InChI=1S/C32H26N4O7S/c1-19-10-11-21(31(38)34-23-7-5-8-25(18-23)44(40,41)42)17-28(19)35-36-29-26-9-4-3-6-20(26)16-27(30(29)37)32(39)33-22-12-14-24(43-2)15-13-22/h3-18,37H,1-2H3,(H,33,39)(H,34,38)(H,40,41,42). The minimum atomic E-state index is -4.45. The van der Waals surface area contributed by atoms with Crippen molar-refractivity contribution in [2.75, 3.05) is 17.7 Å². The summed E-state index contributed by atoms with van der Waals surface area (Å²) in [4.78, 5) is 25.8. The highest BCUT2D eigenvalue weighted by Crippen LogP contribution is 2.40. The van der Waals surface area contributed by atoms with E-state index in [1.807, 2.05) is 0 Å². The Bertz CT molecular complexity index is 2040. The highest BCUT2D eigenvalue weighted by atomic mass is 32.2. The molecule has 5 aromatic carbocycles. The van der Waals surface area contributed by atoms with Crippen molar-refractivity contribution in [3.05, 3.63) is 114 Å². The molecule has 222 valence electrons. The van der Waals surface area contributed by atoms with E-state index >= 15 is 0 Å². The lowest BCUT2D eigenvalue weighted by molar-refractivity contribution is 0.101. The van der Waals surface area contributed by atoms with Crippen molar-refractivity contribution >= 4 is 55.5 Å². The lowest BCUT2D eigenvalue weighted by Crippen LogP contribution is -2.12. The molecule has 0 unspecified atom stereocenters. The van der Waals surface area contributed by atoms with Crippen LogP contribution in [0.15, 0.2) is 112 Å². The summed E-state index contributed by atoms with van der Waals surface area (Å²) in [5.74, 6) is -0.853. The number of methoxy groups -OCH3 is 1. The molecule has 11 nitrogen and oxygen atoms in total. The van der Waals surface area contributed by atoms with E-state index in [2.05, 4.69) is 20.9 Å². The molecule has 0 saturated heterocycles. The maximum absolute atomic E-state index is 13.2. The number of anilines is 2. The number of benzene rings is 5. The zero-order valence-corrected chi connectivity index (χ0v) is 24.3. The molecule has 2 amide bonds. The minimum absolute atomic E-state index is 0.00885. The molecule has 0 radical (unpaired) electrons. The van der Waals surface area contributed by atoms with Crippen molar-refractivity contribution < 1.29 is 32.4 Å². The molecule has 5 aromatic rings. The Kier molecular flexibility index (Phi) is 8.38. The fourth-order valence-corrected chi connectivity index (χ4v) is 4.89. The van der Waals surface area contributed by atoms with Gasteiger partial charge in [0.25, 0.3) is 21.9 Å². The first-order chi connectivity index (χ1) is 21.0. The van der Waals surface area contributed by atoms with E-state index < -0.39 is 21.9 Å². The smallest absolute Gasteiger partial charge is 0.294 e. The van der Waals surface area contributed by atoms with Crippen LogP contribution < -0.4 is 15.4 Å². The third-order valence-corrected chi connectivity index (χ3v) is 7.56. The molecule has 0 heterocycles. The van der Waals surface area contributed by atoms with Gasteiger partial charge in [0, 0.05) is 22.3 Å². The third kappa shape index (κ3) is 6.56. The monoisotopic (exact) mass is 610 g/mol. The largest absolute Gasteiger partial charge is 0.505 e. The molecule has 0 aliphatic carbocycles. The van der Waals surface area contributed by atoms with Gasteiger partial charge in [0.1, 0.15) is 11.4 Å². The van der Waals surface area contributed by atoms with Crippen LogP contribution in [0.3, 0.4) is 0 Å². The Morgan fingerprint density at radius 2 is 1.52 bits per heavy atom. The first-order valence-corrected chi connectivity index (χ1v) is 14.6. The summed E-state index contributed by atoms with van der Waals surface area (Å²) < 4.78 is 37.4. The molecule has 4 N–H and O–H groups in total. The van der Waals surface area contributed by atoms with Gasteiger partial charge in [-0.15, -0.1) is 5.11 Å². The maximum Gasteiger partial charge on any atom is 0.294 e. The van der Waals surface area contributed by atoms with Gasteiger partial charge in [-0.1, -0.05) is 36.4 Å². The van der Waals surface area contributed by atoms with Gasteiger partial charge in [-0.05, 0) is 78.5 Å². The van der Waals surface area contributed by atoms with Crippen molar-refractivity contribution in [2.24, 2.45) is 10.2 Å². The number of aryl methyl sites for hydroxylation is 1. The highest BCUT2D eigenvalue weighted by Gasteiger charge is 2.19. The molecular weight excluding hydrogens is 584 g/mol. The van der Waals surface area contributed by atoms with Gasteiger partial charge in [0.2, 0.25) is 0 Å². The van der Waals surface area contributed by atoms with Gasteiger partial charge < -0.3 is 20.5 Å². The Morgan fingerprint density at radius 1 is 0.795 bits per heavy atom. The van der Waals surface area contributed by atoms with Gasteiger partial charge in [-0.2, -0.15) is 13.5 Å². The van der Waals surface area contributed by atoms with E-state index in [4.69, 9.17) is 4.74 Å². The van der Waals surface area contributed by atoms with Crippen molar-refractivity contribution in [3.8, 4) is 11.5 Å². The number of hydrogen-bond acceptors (Lipinski definition) is 8. The fourth-order valence-electron chi connectivity index (χ4n) is 4.36. The van der Waals surface area contributed by atoms with Crippen LogP contribution in [0.1, 0.15) is 26.3 Å². The first kappa shape index (κ1) is 29.9. The summed E-state index contributed by atoms with van der Waals surface area (Å²) in [6, 6.07) is 25.3. The van der Waals surface area contributed by atoms with Crippen molar-refractivity contribution in [3.63, 3.8) is 0 Å². The Morgan fingerprint density at radius 3 is 2.25 bits per heavy atom. The highest BCUT2D eigenvalue weighted by molar-refractivity contribution is 7.85. The van der Waals surface area contributed by atoms with Gasteiger partial charge in [-0.3, -0.25) is 14.1 Å². The van der Waals surface area contributed by atoms with E-state index in [0.29, 0.717) is 33.5 Å². The number of fused-ring (bicyclic) bond motifs is 1. The number of nitrogens with zero attached hydrogens (tertiary/aromatic N) is 2. The number of nitrogens with one attached hydrogen (secondary N) is 2. The number of amides is 2. The van der Waals surface area contributed by atoms with Crippen LogP contribution in [0.4, 0.5) is 22.7 Å². The summed E-state index contributed by atoms with van der Waals surface area (Å²) in [7, 11) is -2.91. The molecule has 0 aliphatic heterocycles. The average molecular weight is 611 g/mol. The molecule has 0 bridgehead atoms. The van der Waals surface area contributed by atoms with E-state index in [1.165, 1.54) is 24.3 Å². The van der Waals surface area contributed by atoms with Gasteiger partial charge in [0.05, 0.1) is 23.3 Å². The van der Waals surface area contributed by atoms with E-state index in [1.54, 1.807) is 80.8 Å². The number of carbonyl (C=O) groups is 2. The number of ether oxygens (including phenoxy) is 1. The molecule has 0 aliphatic rings. The third-order valence-electron chi connectivity index (χ3n) is 6.71. The van der Waals surface area contributed by atoms with Crippen LogP contribution in [-0.2, 0) is 10.1 Å². The Hall–Kier alpha value is -5.59. The summed E-state index contributed by atoms with van der Waals surface area (Å²) in [5.41, 5.74) is 1.92. The lowest BCUT2D eigenvalue weighted by atomic mass is 10.0. The molecule has 0 fully saturated rings. The number of hydrogen-bond donors (Lipinski definition) is 4. The molecule has 0 atom stereocenters. The Balaban J connectivity index is 1.45.